The lowest BCUT2D eigenvalue weighted by atomic mass is 9.69. The topological polar surface area (TPSA) is 32.5 Å². The highest BCUT2D eigenvalue weighted by atomic mass is 15.2. The molecule has 0 aromatic heterocycles. The van der Waals surface area contributed by atoms with Gasteiger partial charge in [-0.15, -0.1) is 0 Å². The molecule has 0 aliphatic heterocycles. The molecule has 2 N–H and O–H groups in total. The molecule has 2 aliphatic carbocycles. The monoisotopic (exact) mass is 281 g/mol. The van der Waals surface area contributed by atoms with E-state index in [1.54, 1.807) is 0 Å². The molecule has 20 heavy (non-hydrogen) atoms. The molecular formula is C17H35N3. The smallest absolute Gasteiger partial charge is 0.0330 e. The third-order valence-electron chi connectivity index (χ3n) is 6.02. The molecule has 0 bridgehead atoms. The lowest BCUT2D eigenvalue weighted by Crippen LogP contribution is -2.58. The Bertz CT molecular complexity index is 311. The summed E-state index contributed by atoms with van der Waals surface area (Å²) >= 11 is 0. The fraction of sp³-hybridized carbons (Fsp3) is 1.00. The molecule has 0 radical (unpaired) electrons. The third kappa shape index (κ3) is 3.37. The Morgan fingerprint density at radius 3 is 2.20 bits per heavy atom. The summed E-state index contributed by atoms with van der Waals surface area (Å²) < 4.78 is 0. The van der Waals surface area contributed by atoms with E-state index >= 15 is 0 Å². The highest BCUT2D eigenvalue weighted by molar-refractivity contribution is 4.99. The zero-order valence-electron chi connectivity index (χ0n) is 14.1. The molecule has 2 aliphatic rings. The van der Waals surface area contributed by atoms with E-state index in [1.807, 2.05) is 0 Å². The van der Waals surface area contributed by atoms with Gasteiger partial charge >= 0.3 is 0 Å². The standard InChI is InChI=1S/C17H35N3/c1-15-7-5-8-16(11-15,12-18)13-20(4)14-17(19(2)3)9-6-10-17/h15H,5-14,18H2,1-4H3. The van der Waals surface area contributed by atoms with E-state index in [0.29, 0.717) is 11.0 Å². The first-order valence-electron chi connectivity index (χ1n) is 8.47. The van der Waals surface area contributed by atoms with Crippen LogP contribution in [-0.2, 0) is 0 Å². The lowest BCUT2D eigenvalue weighted by Gasteiger charge is -2.51. The van der Waals surface area contributed by atoms with Crippen LogP contribution in [0.2, 0.25) is 0 Å². The minimum absolute atomic E-state index is 0.379. The van der Waals surface area contributed by atoms with Crippen LogP contribution in [0.15, 0.2) is 0 Å². The van der Waals surface area contributed by atoms with Crippen LogP contribution in [0.1, 0.15) is 51.9 Å². The van der Waals surface area contributed by atoms with E-state index in [9.17, 15) is 0 Å². The van der Waals surface area contributed by atoms with Crippen molar-refractivity contribution in [3.63, 3.8) is 0 Å². The van der Waals surface area contributed by atoms with Gasteiger partial charge in [-0.05, 0) is 71.1 Å². The van der Waals surface area contributed by atoms with Crippen LogP contribution in [0.25, 0.3) is 0 Å². The molecule has 0 spiro atoms. The van der Waals surface area contributed by atoms with Crippen LogP contribution >= 0.6 is 0 Å². The Balaban J connectivity index is 1.93. The van der Waals surface area contributed by atoms with Crippen LogP contribution < -0.4 is 5.73 Å². The van der Waals surface area contributed by atoms with Gasteiger partial charge in [0.1, 0.15) is 0 Å². The second-order valence-corrected chi connectivity index (χ2v) is 8.05. The molecule has 2 unspecified atom stereocenters. The minimum atomic E-state index is 0.379. The van der Waals surface area contributed by atoms with Gasteiger partial charge in [0.15, 0.2) is 0 Å². The van der Waals surface area contributed by atoms with Crippen LogP contribution in [0, 0.1) is 11.3 Å². The van der Waals surface area contributed by atoms with E-state index < -0.39 is 0 Å². The summed E-state index contributed by atoms with van der Waals surface area (Å²) in [6.45, 7) is 5.65. The molecule has 0 aromatic rings. The van der Waals surface area contributed by atoms with Crippen LogP contribution in [0.3, 0.4) is 0 Å². The Kier molecular flexibility index (Phi) is 5.14. The maximum atomic E-state index is 6.18. The normalized spacial score (nSPS) is 33.5. The predicted octanol–water partition coefficient (Wildman–Crippen LogP) is 2.56. The van der Waals surface area contributed by atoms with Gasteiger partial charge in [0.05, 0.1) is 0 Å². The molecule has 0 heterocycles. The first-order valence-corrected chi connectivity index (χ1v) is 8.47. The van der Waals surface area contributed by atoms with Crippen LogP contribution in [0.4, 0.5) is 0 Å². The average Bonchev–Trinajstić information content (AvgIpc) is 2.33. The number of hydrogen-bond acceptors (Lipinski definition) is 3. The second kappa shape index (κ2) is 6.33. The van der Waals surface area contributed by atoms with Gasteiger partial charge in [0.25, 0.3) is 0 Å². The van der Waals surface area contributed by atoms with E-state index in [2.05, 4.69) is 37.9 Å². The van der Waals surface area contributed by atoms with Crippen molar-refractivity contribution in [2.75, 3.05) is 40.8 Å². The van der Waals surface area contributed by atoms with Gasteiger partial charge in [-0.25, -0.2) is 0 Å². The fourth-order valence-corrected chi connectivity index (χ4v) is 4.62. The largest absolute Gasteiger partial charge is 0.330 e. The third-order valence-corrected chi connectivity index (χ3v) is 6.02. The molecule has 0 saturated heterocycles. The van der Waals surface area contributed by atoms with E-state index in [0.717, 1.165) is 12.5 Å². The fourth-order valence-electron chi connectivity index (χ4n) is 4.62. The first-order chi connectivity index (χ1) is 9.41. The maximum Gasteiger partial charge on any atom is 0.0330 e. The molecule has 118 valence electrons. The molecule has 2 saturated carbocycles. The van der Waals surface area contributed by atoms with Gasteiger partial charge in [-0.1, -0.05) is 19.8 Å². The van der Waals surface area contributed by atoms with Gasteiger partial charge < -0.3 is 15.5 Å². The average molecular weight is 281 g/mol. The van der Waals surface area contributed by atoms with Gasteiger partial charge in [0, 0.05) is 18.6 Å². The molecular weight excluding hydrogens is 246 g/mol. The van der Waals surface area contributed by atoms with Crippen molar-refractivity contribution in [3.8, 4) is 0 Å². The quantitative estimate of drug-likeness (QED) is 0.812. The van der Waals surface area contributed by atoms with E-state index in [1.165, 1.54) is 58.0 Å². The van der Waals surface area contributed by atoms with E-state index in [-0.39, 0.29) is 0 Å². The summed E-state index contributed by atoms with van der Waals surface area (Å²) in [4.78, 5) is 5.02. The maximum absolute atomic E-state index is 6.18. The predicted molar refractivity (Wildman–Crippen MR) is 86.9 cm³/mol. The summed E-state index contributed by atoms with van der Waals surface area (Å²) in [7, 11) is 6.79. The SMILES string of the molecule is CC1CCCC(CN)(CN(C)CC2(N(C)C)CCC2)C1. The molecule has 0 amide bonds. The second-order valence-electron chi connectivity index (χ2n) is 8.05. The summed E-state index contributed by atoms with van der Waals surface area (Å²) in [6, 6.07) is 0. The van der Waals surface area contributed by atoms with Crippen molar-refractivity contribution in [2.24, 2.45) is 17.1 Å². The van der Waals surface area contributed by atoms with E-state index in [4.69, 9.17) is 5.73 Å². The minimum Gasteiger partial charge on any atom is -0.330 e. The summed E-state index contributed by atoms with van der Waals surface area (Å²) in [6.07, 6.45) is 9.52. The first kappa shape index (κ1) is 16.3. The molecule has 2 atom stereocenters. The Morgan fingerprint density at radius 1 is 1.05 bits per heavy atom. The van der Waals surface area contributed by atoms with Crippen LogP contribution in [0.5, 0.6) is 0 Å². The highest BCUT2D eigenvalue weighted by Crippen LogP contribution is 2.41. The zero-order valence-corrected chi connectivity index (χ0v) is 14.1. The molecule has 2 rings (SSSR count). The number of nitrogens with two attached hydrogens (primary N) is 1. The Morgan fingerprint density at radius 2 is 1.75 bits per heavy atom. The van der Waals surface area contributed by atoms with Crippen molar-refractivity contribution in [3.05, 3.63) is 0 Å². The van der Waals surface area contributed by atoms with Gasteiger partial charge in [0.2, 0.25) is 0 Å². The van der Waals surface area contributed by atoms with Gasteiger partial charge in [-0.3, -0.25) is 0 Å². The number of likely N-dealkylation sites (N-methyl/N-ethyl adjacent to an activating group) is 2. The molecule has 2 fully saturated rings. The van der Waals surface area contributed by atoms with Crippen molar-refractivity contribution >= 4 is 0 Å². The summed E-state index contributed by atoms with van der Waals surface area (Å²) in [5, 5.41) is 0. The van der Waals surface area contributed by atoms with Crippen molar-refractivity contribution < 1.29 is 0 Å². The van der Waals surface area contributed by atoms with Crippen molar-refractivity contribution in [1.29, 1.82) is 0 Å². The summed E-state index contributed by atoms with van der Waals surface area (Å²) in [5.74, 6) is 0.854. The highest BCUT2D eigenvalue weighted by Gasteiger charge is 2.41. The number of nitrogens with zero attached hydrogens (tertiary/aromatic N) is 2. The zero-order chi connectivity index (χ0) is 14.8. The number of hydrogen-bond donors (Lipinski definition) is 1. The Hall–Kier alpha value is -0.120. The molecule has 0 aromatic carbocycles. The van der Waals surface area contributed by atoms with Gasteiger partial charge in [-0.2, -0.15) is 0 Å². The molecule has 3 heteroatoms. The van der Waals surface area contributed by atoms with Crippen LogP contribution in [-0.4, -0.2) is 56.1 Å². The Labute approximate surface area is 125 Å². The van der Waals surface area contributed by atoms with Crippen molar-refractivity contribution in [1.82, 2.24) is 9.80 Å². The number of rotatable bonds is 6. The lowest BCUT2D eigenvalue weighted by molar-refractivity contribution is 0.00812. The summed E-state index contributed by atoms with van der Waals surface area (Å²) in [5.41, 5.74) is 7.00. The van der Waals surface area contributed by atoms with Crippen molar-refractivity contribution in [2.45, 2.75) is 57.4 Å². The molecule has 3 nitrogen and oxygen atoms in total.